The van der Waals surface area contributed by atoms with Crippen LogP contribution in [-0.4, -0.2) is 17.3 Å². The minimum Gasteiger partial charge on any atom is -0.481 e. The van der Waals surface area contributed by atoms with Gasteiger partial charge < -0.3 is 5.11 Å². The Balaban J connectivity index is 2.83. The summed E-state index contributed by atoms with van der Waals surface area (Å²) in [5.41, 5.74) is -1.96. The number of rotatable bonds is 2. The fourth-order valence-corrected chi connectivity index (χ4v) is 2.08. The van der Waals surface area contributed by atoms with Gasteiger partial charge in [0.2, 0.25) is 0 Å². The average Bonchev–Trinajstić information content (AvgIpc) is 2.02. The predicted molar refractivity (Wildman–Crippen MR) is 43.8 cm³/mol. The molecule has 0 atom stereocenters. The van der Waals surface area contributed by atoms with Gasteiger partial charge in [-0.05, 0) is 12.8 Å². The van der Waals surface area contributed by atoms with Gasteiger partial charge in [0, 0.05) is 0 Å². The van der Waals surface area contributed by atoms with Crippen LogP contribution >= 0.6 is 0 Å². The second-order valence-electron chi connectivity index (χ2n) is 3.91. The fourth-order valence-electron chi connectivity index (χ4n) is 2.08. The van der Waals surface area contributed by atoms with Crippen molar-refractivity contribution >= 4 is 5.97 Å². The molecule has 0 aromatic heterocycles. The Morgan fingerprint density at radius 3 is 2.07 bits per heavy atom. The normalized spacial score (nSPS) is 21.9. The minimum absolute atomic E-state index is 0.0389. The summed E-state index contributed by atoms with van der Waals surface area (Å²) in [7, 11) is 0. The molecule has 82 valence electrons. The molecule has 0 bridgehead atoms. The standard InChI is InChI=1S/C9H13F3O2/c10-9(11,12)8(6-7(13)14)4-2-1-3-5-8/h1-6H2,(H,13,14). The molecule has 0 aliphatic heterocycles. The molecule has 0 unspecified atom stereocenters. The van der Waals surface area contributed by atoms with E-state index in [1.807, 2.05) is 0 Å². The molecule has 1 aliphatic carbocycles. The average molecular weight is 210 g/mol. The maximum Gasteiger partial charge on any atom is 0.395 e. The van der Waals surface area contributed by atoms with Crippen molar-refractivity contribution in [1.29, 1.82) is 0 Å². The molecule has 14 heavy (non-hydrogen) atoms. The molecule has 1 saturated carbocycles. The molecule has 1 fully saturated rings. The number of hydrogen-bond acceptors (Lipinski definition) is 1. The number of hydrogen-bond donors (Lipinski definition) is 1. The van der Waals surface area contributed by atoms with E-state index in [0.717, 1.165) is 6.42 Å². The summed E-state index contributed by atoms with van der Waals surface area (Å²) in [5, 5.41) is 8.49. The third-order valence-corrected chi connectivity index (χ3v) is 2.90. The van der Waals surface area contributed by atoms with Crippen LogP contribution in [0.5, 0.6) is 0 Å². The van der Waals surface area contributed by atoms with Gasteiger partial charge in [-0.2, -0.15) is 13.2 Å². The first-order chi connectivity index (χ1) is 6.37. The Kier molecular flexibility index (Phi) is 3.07. The Hall–Kier alpha value is -0.740. The van der Waals surface area contributed by atoms with Crippen molar-refractivity contribution in [3.8, 4) is 0 Å². The summed E-state index contributed by atoms with van der Waals surface area (Å²) in [5.74, 6) is -1.36. The monoisotopic (exact) mass is 210 g/mol. The largest absolute Gasteiger partial charge is 0.481 e. The molecular formula is C9H13F3O2. The van der Waals surface area contributed by atoms with Crippen LogP contribution in [0, 0.1) is 5.41 Å². The van der Waals surface area contributed by atoms with Gasteiger partial charge >= 0.3 is 12.1 Å². The topological polar surface area (TPSA) is 37.3 Å². The first-order valence-electron chi connectivity index (χ1n) is 4.66. The summed E-state index contributed by atoms with van der Waals surface area (Å²) in [6.45, 7) is 0. The summed E-state index contributed by atoms with van der Waals surface area (Å²) in [6.07, 6.45) is -3.51. The summed E-state index contributed by atoms with van der Waals surface area (Å²) in [4.78, 5) is 10.4. The lowest BCUT2D eigenvalue weighted by atomic mass is 9.71. The van der Waals surface area contributed by atoms with Gasteiger partial charge in [0.05, 0.1) is 11.8 Å². The number of halogens is 3. The number of carbonyl (C=O) groups is 1. The van der Waals surface area contributed by atoms with E-state index < -0.39 is 24.0 Å². The van der Waals surface area contributed by atoms with Crippen LogP contribution in [0.1, 0.15) is 38.5 Å². The van der Waals surface area contributed by atoms with Crippen molar-refractivity contribution in [2.45, 2.75) is 44.7 Å². The molecule has 5 heteroatoms. The molecular weight excluding hydrogens is 197 g/mol. The molecule has 0 saturated heterocycles. The molecule has 0 aromatic rings. The highest BCUT2D eigenvalue weighted by molar-refractivity contribution is 5.67. The van der Waals surface area contributed by atoms with Crippen molar-refractivity contribution < 1.29 is 23.1 Å². The van der Waals surface area contributed by atoms with E-state index in [4.69, 9.17) is 5.11 Å². The minimum atomic E-state index is -4.38. The maximum absolute atomic E-state index is 12.7. The molecule has 2 nitrogen and oxygen atoms in total. The third-order valence-electron chi connectivity index (χ3n) is 2.90. The predicted octanol–water partition coefficient (Wildman–Crippen LogP) is 2.97. The molecule has 1 aliphatic rings. The Morgan fingerprint density at radius 1 is 1.21 bits per heavy atom. The SMILES string of the molecule is O=C(O)CC1(C(F)(F)F)CCCCC1. The molecule has 0 radical (unpaired) electrons. The second-order valence-corrected chi connectivity index (χ2v) is 3.91. The summed E-state index contributed by atoms with van der Waals surface area (Å²) < 4.78 is 38.1. The van der Waals surface area contributed by atoms with Crippen molar-refractivity contribution in [1.82, 2.24) is 0 Å². The zero-order chi connectivity index (χ0) is 10.8. The lowest BCUT2D eigenvalue weighted by Crippen LogP contribution is -2.41. The Morgan fingerprint density at radius 2 is 1.71 bits per heavy atom. The van der Waals surface area contributed by atoms with Crippen LogP contribution in [0.15, 0.2) is 0 Å². The van der Waals surface area contributed by atoms with E-state index in [-0.39, 0.29) is 12.8 Å². The van der Waals surface area contributed by atoms with Crippen LogP contribution in [0.2, 0.25) is 0 Å². The zero-order valence-electron chi connectivity index (χ0n) is 7.73. The van der Waals surface area contributed by atoms with Gasteiger partial charge in [-0.25, -0.2) is 0 Å². The van der Waals surface area contributed by atoms with Crippen LogP contribution in [0.4, 0.5) is 13.2 Å². The van der Waals surface area contributed by atoms with Gasteiger partial charge in [0.1, 0.15) is 0 Å². The highest BCUT2D eigenvalue weighted by Crippen LogP contribution is 2.51. The van der Waals surface area contributed by atoms with E-state index in [1.54, 1.807) is 0 Å². The van der Waals surface area contributed by atoms with E-state index >= 15 is 0 Å². The first kappa shape index (κ1) is 11.3. The van der Waals surface area contributed by atoms with Crippen LogP contribution in [0.3, 0.4) is 0 Å². The second kappa shape index (κ2) is 3.79. The lowest BCUT2D eigenvalue weighted by molar-refractivity contribution is -0.238. The molecule has 1 rings (SSSR count). The molecule has 0 aromatic carbocycles. The number of alkyl halides is 3. The molecule has 0 heterocycles. The van der Waals surface area contributed by atoms with E-state index in [2.05, 4.69) is 0 Å². The molecule has 0 amide bonds. The van der Waals surface area contributed by atoms with Gasteiger partial charge in [0.25, 0.3) is 0 Å². The van der Waals surface area contributed by atoms with Gasteiger partial charge in [-0.1, -0.05) is 19.3 Å². The Bertz CT molecular complexity index is 217. The van der Waals surface area contributed by atoms with Crippen LogP contribution in [-0.2, 0) is 4.79 Å². The highest BCUT2D eigenvalue weighted by atomic mass is 19.4. The highest BCUT2D eigenvalue weighted by Gasteiger charge is 2.55. The maximum atomic E-state index is 12.7. The van der Waals surface area contributed by atoms with Gasteiger partial charge in [0.15, 0.2) is 0 Å². The van der Waals surface area contributed by atoms with E-state index in [0.29, 0.717) is 12.8 Å². The fraction of sp³-hybridized carbons (Fsp3) is 0.889. The lowest BCUT2D eigenvalue weighted by Gasteiger charge is -2.37. The molecule has 0 spiro atoms. The Labute approximate surface area is 80.1 Å². The van der Waals surface area contributed by atoms with Crippen molar-refractivity contribution in [3.63, 3.8) is 0 Å². The number of carboxylic acids is 1. The summed E-state index contributed by atoms with van der Waals surface area (Å²) >= 11 is 0. The first-order valence-corrected chi connectivity index (χ1v) is 4.66. The third kappa shape index (κ3) is 2.19. The number of carboxylic acid groups (broad SMARTS) is 1. The van der Waals surface area contributed by atoms with E-state index in [9.17, 15) is 18.0 Å². The smallest absolute Gasteiger partial charge is 0.395 e. The van der Waals surface area contributed by atoms with Crippen molar-refractivity contribution in [2.24, 2.45) is 5.41 Å². The van der Waals surface area contributed by atoms with Crippen LogP contribution < -0.4 is 0 Å². The zero-order valence-corrected chi connectivity index (χ0v) is 7.73. The van der Waals surface area contributed by atoms with E-state index in [1.165, 1.54) is 0 Å². The van der Waals surface area contributed by atoms with Gasteiger partial charge in [-0.3, -0.25) is 4.79 Å². The van der Waals surface area contributed by atoms with Crippen molar-refractivity contribution in [3.05, 3.63) is 0 Å². The quantitative estimate of drug-likeness (QED) is 0.760. The van der Waals surface area contributed by atoms with Crippen LogP contribution in [0.25, 0.3) is 0 Å². The number of aliphatic carboxylic acids is 1. The molecule has 1 N–H and O–H groups in total. The van der Waals surface area contributed by atoms with Crippen molar-refractivity contribution in [2.75, 3.05) is 0 Å². The summed E-state index contributed by atoms with van der Waals surface area (Å²) in [6, 6.07) is 0. The van der Waals surface area contributed by atoms with Gasteiger partial charge in [-0.15, -0.1) is 0 Å².